The third kappa shape index (κ3) is 5.87. The first kappa shape index (κ1) is 20.0. The van der Waals surface area contributed by atoms with Crippen molar-refractivity contribution in [3.8, 4) is 5.75 Å². The number of amides is 2. The number of rotatable bonds is 6. The highest BCUT2D eigenvalue weighted by Crippen LogP contribution is 2.19. The number of hydrazine groups is 1. The molecule has 0 bridgehead atoms. The van der Waals surface area contributed by atoms with Gasteiger partial charge in [0.2, 0.25) is 5.91 Å². The topological polar surface area (TPSA) is 67.4 Å². The summed E-state index contributed by atoms with van der Waals surface area (Å²) in [4.78, 5) is 24.4. The van der Waals surface area contributed by atoms with Crippen molar-refractivity contribution in [1.29, 1.82) is 0 Å². The van der Waals surface area contributed by atoms with Gasteiger partial charge in [-0.05, 0) is 47.5 Å². The van der Waals surface area contributed by atoms with Crippen molar-refractivity contribution in [2.75, 3.05) is 0 Å². The second kappa shape index (κ2) is 9.45. The summed E-state index contributed by atoms with van der Waals surface area (Å²) >= 11 is 0. The standard InChI is InChI=1S/C22H18F2N2O3/c23-17-9-5-15(6-10-17)13-21(27)25-26-22(28)19-3-1-2-4-20(19)29-14-16-7-11-18(24)12-8-16/h1-12H,13-14H2,(H,25,27)(H,26,28). The second-order valence-corrected chi connectivity index (χ2v) is 6.22. The molecule has 0 saturated carbocycles. The van der Waals surface area contributed by atoms with Crippen LogP contribution in [0.25, 0.3) is 0 Å². The molecule has 7 heteroatoms. The van der Waals surface area contributed by atoms with Gasteiger partial charge in [-0.15, -0.1) is 0 Å². The van der Waals surface area contributed by atoms with Crippen LogP contribution in [0.1, 0.15) is 21.5 Å². The molecule has 0 fully saturated rings. The van der Waals surface area contributed by atoms with E-state index in [1.54, 1.807) is 36.4 Å². The Hall–Kier alpha value is -3.74. The summed E-state index contributed by atoms with van der Waals surface area (Å²) in [7, 11) is 0. The van der Waals surface area contributed by atoms with Crippen molar-refractivity contribution >= 4 is 11.8 Å². The fraction of sp³-hybridized carbons (Fsp3) is 0.0909. The van der Waals surface area contributed by atoms with Gasteiger partial charge in [-0.25, -0.2) is 8.78 Å². The van der Waals surface area contributed by atoms with Crippen molar-refractivity contribution in [1.82, 2.24) is 10.9 Å². The van der Waals surface area contributed by atoms with Gasteiger partial charge in [-0.2, -0.15) is 0 Å². The fourth-order valence-electron chi connectivity index (χ4n) is 2.55. The van der Waals surface area contributed by atoms with E-state index in [1.807, 2.05) is 0 Å². The number of carbonyl (C=O) groups is 2. The van der Waals surface area contributed by atoms with E-state index >= 15 is 0 Å². The molecule has 29 heavy (non-hydrogen) atoms. The quantitative estimate of drug-likeness (QED) is 0.627. The SMILES string of the molecule is O=C(Cc1ccc(F)cc1)NNC(=O)c1ccccc1OCc1ccc(F)cc1. The predicted octanol–water partition coefficient (Wildman–Crippen LogP) is 3.55. The molecule has 0 aromatic heterocycles. The van der Waals surface area contributed by atoms with Crippen LogP contribution in [0.3, 0.4) is 0 Å². The molecule has 3 rings (SSSR count). The fourth-order valence-corrected chi connectivity index (χ4v) is 2.55. The van der Waals surface area contributed by atoms with Crippen LogP contribution in [0.2, 0.25) is 0 Å². The Bertz CT molecular complexity index is 990. The van der Waals surface area contributed by atoms with Crippen molar-refractivity contribution in [3.05, 3.63) is 101 Å². The normalized spacial score (nSPS) is 10.3. The summed E-state index contributed by atoms with van der Waals surface area (Å²) in [5.74, 6) is -1.41. The Morgan fingerprint density at radius 1 is 0.759 bits per heavy atom. The van der Waals surface area contributed by atoms with E-state index < -0.39 is 11.8 Å². The lowest BCUT2D eigenvalue weighted by Crippen LogP contribution is -2.42. The number of halogens is 2. The van der Waals surface area contributed by atoms with Gasteiger partial charge in [0.05, 0.1) is 12.0 Å². The Labute approximate surface area is 166 Å². The number of para-hydroxylation sites is 1. The van der Waals surface area contributed by atoms with E-state index in [4.69, 9.17) is 4.74 Å². The first-order chi connectivity index (χ1) is 14.0. The smallest absolute Gasteiger partial charge is 0.273 e. The average Bonchev–Trinajstić information content (AvgIpc) is 2.73. The third-order valence-electron chi connectivity index (χ3n) is 4.03. The highest BCUT2D eigenvalue weighted by molar-refractivity contribution is 5.97. The maximum Gasteiger partial charge on any atom is 0.273 e. The maximum atomic E-state index is 13.0. The minimum Gasteiger partial charge on any atom is -0.488 e. The molecule has 2 N–H and O–H groups in total. The van der Waals surface area contributed by atoms with Crippen LogP contribution in [-0.4, -0.2) is 11.8 Å². The summed E-state index contributed by atoms with van der Waals surface area (Å²) < 4.78 is 31.6. The number of carbonyl (C=O) groups excluding carboxylic acids is 2. The number of benzene rings is 3. The van der Waals surface area contributed by atoms with Crippen molar-refractivity contribution in [2.24, 2.45) is 0 Å². The number of ether oxygens (including phenoxy) is 1. The molecule has 0 radical (unpaired) electrons. The molecular weight excluding hydrogens is 378 g/mol. The molecular formula is C22H18F2N2O3. The van der Waals surface area contributed by atoms with Crippen LogP contribution < -0.4 is 15.6 Å². The van der Waals surface area contributed by atoms with Crippen LogP contribution in [0, 0.1) is 11.6 Å². The summed E-state index contributed by atoms with van der Waals surface area (Å²) in [6.07, 6.45) is -0.0106. The minimum atomic E-state index is -0.549. The molecule has 2 amide bonds. The lowest BCUT2D eigenvalue weighted by Gasteiger charge is -2.12. The molecule has 0 unspecified atom stereocenters. The first-order valence-electron chi connectivity index (χ1n) is 8.81. The molecule has 0 aliphatic heterocycles. The largest absolute Gasteiger partial charge is 0.488 e. The van der Waals surface area contributed by atoms with Gasteiger partial charge in [0, 0.05) is 0 Å². The lowest BCUT2D eigenvalue weighted by molar-refractivity contribution is -0.121. The maximum absolute atomic E-state index is 13.0. The molecule has 0 spiro atoms. The molecule has 0 atom stereocenters. The summed E-state index contributed by atoms with van der Waals surface area (Å²) in [5, 5.41) is 0. The Morgan fingerprint density at radius 3 is 2.00 bits per heavy atom. The minimum absolute atomic E-state index is 0.0106. The van der Waals surface area contributed by atoms with Crippen LogP contribution in [0.4, 0.5) is 8.78 Å². The first-order valence-corrected chi connectivity index (χ1v) is 8.81. The third-order valence-corrected chi connectivity index (χ3v) is 4.03. The zero-order chi connectivity index (χ0) is 20.6. The van der Waals surface area contributed by atoms with E-state index in [2.05, 4.69) is 10.9 Å². The lowest BCUT2D eigenvalue weighted by atomic mass is 10.1. The molecule has 0 saturated heterocycles. The van der Waals surface area contributed by atoms with Crippen LogP contribution >= 0.6 is 0 Å². The summed E-state index contributed by atoms with van der Waals surface area (Å²) in [6.45, 7) is 0.154. The summed E-state index contributed by atoms with van der Waals surface area (Å²) in [5.41, 5.74) is 6.25. The zero-order valence-electron chi connectivity index (χ0n) is 15.3. The zero-order valence-corrected chi connectivity index (χ0v) is 15.3. The van der Waals surface area contributed by atoms with Crippen LogP contribution in [0.5, 0.6) is 5.75 Å². The van der Waals surface area contributed by atoms with Gasteiger partial charge in [0.15, 0.2) is 0 Å². The molecule has 3 aromatic carbocycles. The van der Waals surface area contributed by atoms with E-state index in [9.17, 15) is 18.4 Å². The van der Waals surface area contributed by atoms with E-state index in [0.717, 1.165) is 5.56 Å². The predicted molar refractivity (Wildman–Crippen MR) is 103 cm³/mol. The Morgan fingerprint density at radius 2 is 1.34 bits per heavy atom. The number of nitrogens with one attached hydrogen (secondary N) is 2. The molecule has 5 nitrogen and oxygen atoms in total. The highest BCUT2D eigenvalue weighted by Gasteiger charge is 2.13. The molecule has 148 valence electrons. The monoisotopic (exact) mass is 396 g/mol. The van der Waals surface area contributed by atoms with Crippen LogP contribution in [0.15, 0.2) is 72.8 Å². The van der Waals surface area contributed by atoms with Gasteiger partial charge in [0.25, 0.3) is 5.91 Å². The molecule has 3 aromatic rings. The van der Waals surface area contributed by atoms with Crippen molar-refractivity contribution in [2.45, 2.75) is 13.0 Å². The van der Waals surface area contributed by atoms with Crippen molar-refractivity contribution < 1.29 is 23.1 Å². The Kier molecular flexibility index (Phi) is 6.52. The molecule has 0 aliphatic carbocycles. The number of hydrogen-bond acceptors (Lipinski definition) is 3. The van der Waals surface area contributed by atoms with Crippen LogP contribution in [-0.2, 0) is 17.8 Å². The average molecular weight is 396 g/mol. The molecule has 0 heterocycles. The Balaban J connectivity index is 1.56. The molecule has 0 aliphatic rings. The van der Waals surface area contributed by atoms with E-state index in [1.165, 1.54) is 36.4 Å². The van der Waals surface area contributed by atoms with E-state index in [-0.39, 0.29) is 30.2 Å². The van der Waals surface area contributed by atoms with Gasteiger partial charge in [0.1, 0.15) is 24.0 Å². The second-order valence-electron chi connectivity index (χ2n) is 6.22. The summed E-state index contributed by atoms with van der Waals surface area (Å²) in [6, 6.07) is 17.9. The van der Waals surface area contributed by atoms with E-state index in [0.29, 0.717) is 11.3 Å². The highest BCUT2D eigenvalue weighted by atomic mass is 19.1. The van der Waals surface area contributed by atoms with Gasteiger partial charge >= 0.3 is 0 Å². The van der Waals surface area contributed by atoms with Gasteiger partial charge < -0.3 is 4.74 Å². The van der Waals surface area contributed by atoms with Gasteiger partial charge in [-0.1, -0.05) is 36.4 Å². The van der Waals surface area contributed by atoms with Gasteiger partial charge in [-0.3, -0.25) is 20.4 Å². The number of hydrogen-bond donors (Lipinski definition) is 2. The van der Waals surface area contributed by atoms with Crippen molar-refractivity contribution in [3.63, 3.8) is 0 Å².